The summed E-state index contributed by atoms with van der Waals surface area (Å²) < 4.78 is 0. The lowest BCUT2D eigenvalue weighted by Gasteiger charge is -2.35. The summed E-state index contributed by atoms with van der Waals surface area (Å²) in [6.07, 6.45) is 5.33. The van der Waals surface area contributed by atoms with E-state index in [0.29, 0.717) is 13.1 Å². The Balaban J connectivity index is 1.16. The summed E-state index contributed by atoms with van der Waals surface area (Å²) in [6.45, 7) is 3.00. The molecular formula is C23H22N6OS. The third kappa shape index (κ3) is 4.39. The number of nitrogens with zero attached hydrogens (tertiary/aromatic N) is 5. The fourth-order valence-electron chi connectivity index (χ4n) is 3.66. The van der Waals surface area contributed by atoms with Crippen LogP contribution in [0.1, 0.15) is 15.9 Å². The van der Waals surface area contributed by atoms with Crippen LogP contribution in [0.2, 0.25) is 0 Å². The lowest BCUT2D eigenvalue weighted by atomic mass is 10.1. The standard InChI is InChI=1S/C23H22N6OS/c30-22(29-13-11-28(12-14-29)21-3-1-2-9-25-21)18-6-4-17(5-7-18)16-31-23-26-19-8-10-24-15-20(19)27-23/h1-10,15H,11-14,16H2,(H,26,27). The summed E-state index contributed by atoms with van der Waals surface area (Å²) in [6, 6.07) is 15.7. The maximum atomic E-state index is 12.9. The molecule has 8 heteroatoms. The number of hydrogen-bond acceptors (Lipinski definition) is 6. The van der Waals surface area contributed by atoms with Crippen molar-refractivity contribution in [2.75, 3.05) is 31.1 Å². The third-order valence-electron chi connectivity index (χ3n) is 5.38. The van der Waals surface area contributed by atoms with Gasteiger partial charge >= 0.3 is 0 Å². The third-order valence-corrected chi connectivity index (χ3v) is 6.32. The van der Waals surface area contributed by atoms with E-state index in [0.717, 1.165) is 52.0 Å². The molecule has 0 bridgehead atoms. The molecule has 1 fully saturated rings. The largest absolute Gasteiger partial charge is 0.353 e. The molecule has 0 aliphatic carbocycles. The van der Waals surface area contributed by atoms with Crippen LogP contribution in [0, 0.1) is 0 Å². The zero-order valence-corrected chi connectivity index (χ0v) is 17.8. The molecule has 1 saturated heterocycles. The summed E-state index contributed by atoms with van der Waals surface area (Å²) >= 11 is 1.64. The first-order valence-electron chi connectivity index (χ1n) is 10.2. The highest BCUT2D eigenvalue weighted by molar-refractivity contribution is 7.98. The predicted molar refractivity (Wildman–Crippen MR) is 122 cm³/mol. The molecule has 0 unspecified atom stereocenters. The van der Waals surface area contributed by atoms with Crippen molar-refractivity contribution in [3.63, 3.8) is 0 Å². The molecule has 4 aromatic rings. The van der Waals surface area contributed by atoms with Crippen molar-refractivity contribution < 1.29 is 4.79 Å². The van der Waals surface area contributed by atoms with Crippen molar-refractivity contribution in [1.29, 1.82) is 0 Å². The highest BCUT2D eigenvalue weighted by Crippen LogP contribution is 2.23. The van der Waals surface area contributed by atoms with Crippen LogP contribution in [0.4, 0.5) is 5.82 Å². The molecule has 156 valence electrons. The average molecular weight is 431 g/mol. The van der Waals surface area contributed by atoms with Gasteiger partial charge in [-0.1, -0.05) is 30.0 Å². The number of hydrogen-bond donors (Lipinski definition) is 1. The van der Waals surface area contributed by atoms with E-state index < -0.39 is 0 Å². The Morgan fingerprint density at radius 3 is 2.58 bits per heavy atom. The highest BCUT2D eigenvalue weighted by atomic mass is 32.2. The second kappa shape index (κ2) is 8.77. The van der Waals surface area contributed by atoms with E-state index in [1.807, 2.05) is 53.4 Å². The number of aromatic amines is 1. The number of imidazole rings is 1. The van der Waals surface area contributed by atoms with Crippen LogP contribution in [0.3, 0.4) is 0 Å². The fourth-order valence-corrected chi connectivity index (χ4v) is 4.50. The number of anilines is 1. The van der Waals surface area contributed by atoms with Crippen LogP contribution in [0.5, 0.6) is 0 Å². The summed E-state index contributed by atoms with van der Waals surface area (Å²) in [4.78, 5) is 33.4. The second-order valence-corrected chi connectivity index (χ2v) is 8.35. The van der Waals surface area contributed by atoms with Gasteiger partial charge in [0.25, 0.3) is 5.91 Å². The van der Waals surface area contributed by atoms with Crippen LogP contribution < -0.4 is 4.90 Å². The van der Waals surface area contributed by atoms with Crippen LogP contribution >= 0.6 is 11.8 Å². The first-order chi connectivity index (χ1) is 15.3. The minimum absolute atomic E-state index is 0.0876. The molecule has 31 heavy (non-hydrogen) atoms. The van der Waals surface area contributed by atoms with E-state index in [1.54, 1.807) is 30.4 Å². The van der Waals surface area contributed by atoms with E-state index in [2.05, 4.69) is 24.8 Å². The summed E-state index contributed by atoms with van der Waals surface area (Å²) in [7, 11) is 0. The number of aromatic nitrogens is 4. The molecule has 1 N–H and O–H groups in total. The van der Waals surface area contributed by atoms with Gasteiger partial charge in [0, 0.05) is 49.9 Å². The molecule has 1 aromatic carbocycles. The van der Waals surface area contributed by atoms with Crippen molar-refractivity contribution >= 4 is 34.5 Å². The molecule has 0 radical (unpaired) electrons. The number of benzene rings is 1. The lowest BCUT2D eigenvalue weighted by Crippen LogP contribution is -2.49. The monoisotopic (exact) mass is 430 g/mol. The Kier molecular flexibility index (Phi) is 5.54. The topological polar surface area (TPSA) is 78.0 Å². The number of thioether (sulfide) groups is 1. The van der Waals surface area contributed by atoms with Gasteiger partial charge in [0.1, 0.15) is 5.82 Å². The van der Waals surface area contributed by atoms with Gasteiger partial charge in [-0.25, -0.2) is 9.97 Å². The van der Waals surface area contributed by atoms with Gasteiger partial charge < -0.3 is 14.8 Å². The number of nitrogens with one attached hydrogen (secondary N) is 1. The minimum atomic E-state index is 0.0876. The number of carbonyl (C=O) groups is 1. The smallest absolute Gasteiger partial charge is 0.253 e. The minimum Gasteiger partial charge on any atom is -0.353 e. The number of rotatable bonds is 5. The van der Waals surface area contributed by atoms with Crippen molar-refractivity contribution in [2.45, 2.75) is 10.9 Å². The average Bonchev–Trinajstić information content (AvgIpc) is 3.26. The van der Waals surface area contributed by atoms with Crippen LogP contribution in [0.15, 0.2) is 72.3 Å². The van der Waals surface area contributed by atoms with Crippen LogP contribution in [0.25, 0.3) is 11.0 Å². The molecule has 1 amide bonds. The Bertz CT molecular complexity index is 1140. The summed E-state index contributed by atoms with van der Waals surface area (Å²) in [5, 5.41) is 0.869. The van der Waals surface area contributed by atoms with Gasteiger partial charge in [0.2, 0.25) is 0 Å². The number of carbonyl (C=O) groups excluding carboxylic acids is 1. The molecule has 0 saturated carbocycles. The number of pyridine rings is 2. The summed E-state index contributed by atoms with van der Waals surface area (Å²) in [5.74, 6) is 1.84. The first-order valence-corrected chi connectivity index (χ1v) is 11.2. The molecule has 1 aliphatic rings. The Morgan fingerprint density at radius 2 is 1.84 bits per heavy atom. The molecule has 3 aromatic heterocycles. The molecule has 4 heterocycles. The maximum Gasteiger partial charge on any atom is 0.253 e. The first kappa shape index (κ1) is 19.6. The quantitative estimate of drug-likeness (QED) is 0.488. The SMILES string of the molecule is O=C(c1ccc(CSc2nc3ccncc3[nH]2)cc1)N1CCN(c2ccccn2)CC1. The van der Waals surface area contributed by atoms with E-state index in [9.17, 15) is 4.79 Å². The van der Waals surface area contributed by atoms with Crippen LogP contribution in [-0.4, -0.2) is 56.9 Å². The number of piperazine rings is 1. The Labute approximate surface area is 184 Å². The van der Waals surface area contributed by atoms with Gasteiger partial charge in [0.05, 0.1) is 17.2 Å². The maximum absolute atomic E-state index is 12.9. The zero-order chi connectivity index (χ0) is 21.0. The molecule has 7 nitrogen and oxygen atoms in total. The molecule has 0 atom stereocenters. The molecule has 5 rings (SSSR count). The van der Waals surface area contributed by atoms with Crippen molar-refractivity contribution in [3.8, 4) is 0 Å². The molecular weight excluding hydrogens is 408 g/mol. The van der Waals surface area contributed by atoms with Crippen molar-refractivity contribution in [1.82, 2.24) is 24.8 Å². The van der Waals surface area contributed by atoms with E-state index in [1.165, 1.54) is 0 Å². The zero-order valence-electron chi connectivity index (χ0n) is 16.9. The van der Waals surface area contributed by atoms with Gasteiger partial charge in [-0.05, 0) is 35.9 Å². The fraction of sp³-hybridized carbons (Fsp3) is 0.217. The molecule has 1 aliphatic heterocycles. The lowest BCUT2D eigenvalue weighted by molar-refractivity contribution is 0.0746. The van der Waals surface area contributed by atoms with Crippen LogP contribution in [-0.2, 0) is 5.75 Å². The van der Waals surface area contributed by atoms with Gasteiger partial charge in [-0.2, -0.15) is 0 Å². The predicted octanol–water partition coefficient (Wildman–Crippen LogP) is 3.61. The van der Waals surface area contributed by atoms with Gasteiger partial charge in [-0.15, -0.1) is 0 Å². The second-order valence-electron chi connectivity index (χ2n) is 7.39. The van der Waals surface area contributed by atoms with Crippen molar-refractivity contribution in [3.05, 3.63) is 78.2 Å². The number of H-pyrrole nitrogens is 1. The van der Waals surface area contributed by atoms with Gasteiger partial charge in [0.15, 0.2) is 5.16 Å². The normalized spacial score (nSPS) is 14.2. The van der Waals surface area contributed by atoms with E-state index in [4.69, 9.17) is 0 Å². The summed E-state index contributed by atoms with van der Waals surface area (Å²) in [5.41, 5.74) is 3.74. The molecule has 0 spiro atoms. The Morgan fingerprint density at radius 1 is 1.00 bits per heavy atom. The number of amides is 1. The van der Waals surface area contributed by atoms with Gasteiger partial charge in [-0.3, -0.25) is 9.78 Å². The van der Waals surface area contributed by atoms with E-state index in [-0.39, 0.29) is 5.91 Å². The Hall–Kier alpha value is -3.39. The highest BCUT2D eigenvalue weighted by Gasteiger charge is 2.22. The number of fused-ring (bicyclic) bond motifs is 1. The van der Waals surface area contributed by atoms with Crippen molar-refractivity contribution in [2.24, 2.45) is 0 Å². The van der Waals surface area contributed by atoms with E-state index >= 15 is 0 Å².